The van der Waals surface area contributed by atoms with Crippen LogP contribution in [-0.4, -0.2) is 50.5 Å². The zero-order valence-corrected chi connectivity index (χ0v) is 13.7. The Labute approximate surface area is 140 Å². The maximum atomic E-state index is 12.5. The summed E-state index contributed by atoms with van der Waals surface area (Å²) in [4.78, 5) is 16.9. The highest BCUT2D eigenvalue weighted by Crippen LogP contribution is 2.21. The average Bonchev–Trinajstić information content (AvgIpc) is 3.09. The number of benzene rings is 1. The van der Waals surface area contributed by atoms with Crippen LogP contribution >= 0.6 is 0 Å². The standard InChI is InChI=1S/C18H20N2O4/c1-22-16-11-24-10-15(16)20-18(21)13-6-3-5-12(9-13)14-7-4-8-17(19-14)23-2/h3-9,15-16H,10-11H2,1-2H3,(H,20,21)/t15-,16+/m0/s1. The minimum absolute atomic E-state index is 0.114. The fourth-order valence-corrected chi connectivity index (χ4v) is 2.66. The minimum Gasteiger partial charge on any atom is -0.481 e. The number of carbonyl (C=O) groups excluding carboxylic acids is 1. The molecule has 2 aromatic rings. The first-order valence-corrected chi connectivity index (χ1v) is 7.74. The Morgan fingerprint density at radius 1 is 1.21 bits per heavy atom. The van der Waals surface area contributed by atoms with Crippen LogP contribution in [0.15, 0.2) is 42.5 Å². The van der Waals surface area contributed by atoms with E-state index >= 15 is 0 Å². The molecule has 2 atom stereocenters. The van der Waals surface area contributed by atoms with Gasteiger partial charge in [-0.25, -0.2) is 4.98 Å². The highest BCUT2D eigenvalue weighted by Gasteiger charge is 2.29. The van der Waals surface area contributed by atoms with E-state index in [9.17, 15) is 4.79 Å². The molecular formula is C18H20N2O4. The van der Waals surface area contributed by atoms with Gasteiger partial charge in [-0.1, -0.05) is 18.2 Å². The van der Waals surface area contributed by atoms with Crippen LogP contribution in [0.1, 0.15) is 10.4 Å². The SMILES string of the molecule is COc1cccc(-c2cccc(C(=O)N[C@H]3COC[C@H]3OC)c2)n1. The summed E-state index contributed by atoms with van der Waals surface area (Å²) < 4.78 is 15.8. The molecule has 6 nitrogen and oxygen atoms in total. The van der Waals surface area contributed by atoms with Gasteiger partial charge in [-0.2, -0.15) is 0 Å². The van der Waals surface area contributed by atoms with Gasteiger partial charge in [-0.15, -0.1) is 0 Å². The number of ether oxygens (including phenoxy) is 3. The zero-order valence-electron chi connectivity index (χ0n) is 13.7. The Bertz CT molecular complexity index is 720. The molecule has 0 saturated carbocycles. The molecule has 0 spiro atoms. The highest BCUT2D eigenvalue weighted by molar-refractivity contribution is 5.95. The number of pyridine rings is 1. The van der Waals surface area contributed by atoms with E-state index in [1.807, 2.05) is 30.3 Å². The summed E-state index contributed by atoms with van der Waals surface area (Å²) in [5, 5.41) is 2.96. The lowest BCUT2D eigenvalue weighted by Crippen LogP contribution is -2.43. The largest absolute Gasteiger partial charge is 0.481 e. The van der Waals surface area contributed by atoms with Crippen LogP contribution in [0.2, 0.25) is 0 Å². The van der Waals surface area contributed by atoms with Gasteiger partial charge in [0, 0.05) is 24.3 Å². The lowest BCUT2D eigenvalue weighted by atomic mass is 10.1. The molecule has 0 unspecified atom stereocenters. The molecule has 2 heterocycles. The third-order valence-corrected chi connectivity index (χ3v) is 4.00. The highest BCUT2D eigenvalue weighted by atomic mass is 16.5. The van der Waals surface area contributed by atoms with Crippen LogP contribution in [0.5, 0.6) is 5.88 Å². The predicted octanol–water partition coefficient (Wildman–Crippen LogP) is 1.90. The Morgan fingerprint density at radius 3 is 2.83 bits per heavy atom. The third-order valence-electron chi connectivity index (χ3n) is 4.00. The van der Waals surface area contributed by atoms with E-state index < -0.39 is 0 Å². The van der Waals surface area contributed by atoms with Gasteiger partial charge in [-0.3, -0.25) is 4.79 Å². The molecule has 1 aromatic heterocycles. The smallest absolute Gasteiger partial charge is 0.251 e. The maximum absolute atomic E-state index is 12.5. The first-order chi connectivity index (χ1) is 11.7. The number of carbonyl (C=O) groups is 1. The molecule has 1 N–H and O–H groups in total. The van der Waals surface area contributed by atoms with E-state index in [4.69, 9.17) is 14.2 Å². The van der Waals surface area contributed by atoms with Crippen LogP contribution < -0.4 is 10.1 Å². The molecular weight excluding hydrogens is 308 g/mol. The molecule has 1 aromatic carbocycles. The second kappa shape index (κ2) is 7.42. The zero-order chi connectivity index (χ0) is 16.9. The minimum atomic E-state index is -0.155. The molecule has 1 saturated heterocycles. The van der Waals surface area contributed by atoms with Gasteiger partial charge in [0.25, 0.3) is 5.91 Å². The van der Waals surface area contributed by atoms with E-state index in [1.165, 1.54) is 0 Å². The number of nitrogens with one attached hydrogen (secondary N) is 1. The quantitative estimate of drug-likeness (QED) is 0.908. The van der Waals surface area contributed by atoms with Crippen molar-refractivity contribution in [2.75, 3.05) is 27.4 Å². The monoisotopic (exact) mass is 328 g/mol. The van der Waals surface area contributed by atoms with E-state index in [2.05, 4.69) is 10.3 Å². The molecule has 1 aliphatic rings. The first kappa shape index (κ1) is 16.4. The number of nitrogens with zero attached hydrogens (tertiary/aromatic N) is 1. The second-order valence-corrected chi connectivity index (χ2v) is 5.54. The number of hydrogen-bond donors (Lipinski definition) is 1. The van der Waals surface area contributed by atoms with Crippen molar-refractivity contribution < 1.29 is 19.0 Å². The Kier molecular flexibility index (Phi) is 5.08. The molecule has 1 aliphatic heterocycles. The molecule has 1 fully saturated rings. The normalized spacial score (nSPS) is 19.9. The Morgan fingerprint density at radius 2 is 2.04 bits per heavy atom. The summed E-state index contributed by atoms with van der Waals surface area (Å²) in [6.07, 6.45) is -0.114. The van der Waals surface area contributed by atoms with Crippen molar-refractivity contribution in [2.45, 2.75) is 12.1 Å². The third kappa shape index (κ3) is 3.55. The van der Waals surface area contributed by atoms with Crippen molar-refractivity contribution in [2.24, 2.45) is 0 Å². The van der Waals surface area contributed by atoms with Crippen molar-refractivity contribution in [1.82, 2.24) is 10.3 Å². The van der Waals surface area contributed by atoms with E-state index in [0.29, 0.717) is 24.7 Å². The van der Waals surface area contributed by atoms with Crippen molar-refractivity contribution in [3.05, 3.63) is 48.0 Å². The van der Waals surface area contributed by atoms with E-state index in [-0.39, 0.29) is 18.1 Å². The fourth-order valence-electron chi connectivity index (χ4n) is 2.66. The van der Waals surface area contributed by atoms with Crippen LogP contribution in [0, 0.1) is 0 Å². The molecule has 126 valence electrons. The summed E-state index contributed by atoms with van der Waals surface area (Å²) in [6, 6.07) is 12.7. The van der Waals surface area contributed by atoms with Crippen molar-refractivity contribution in [3.8, 4) is 17.1 Å². The summed E-state index contributed by atoms with van der Waals surface area (Å²) in [5.41, 5.74) is 2.18. The van der Waals surface area contributed by atoms with Gasteiger partial charge >= 0.3 is 0 Å². The molecule has 24 heavy (non-hydrogen) atoms. The van der Waals surface area contributed by atoms with E-state index in [0.717, 1.165) is 11.3 Å². The van der Waals surface area contributed by atoms with Gasteiger partial charge < -0.3 is 19.5 Å². The van der Waals surface area contributed by atoms with Crippen LogP contribution in [0.4, 0.5) is 0 Å². The number of aromatic nitrogens is 1. The van der Waals surface area contributed by atoms with E-state index in [1.54, 1.807) is 26.4 Å². The number of methoxy groups -OCH3 is 2. The van der Waals surface area contributed by atoms with Crippen LogP contribution in [0.3, 0.4) is 0 Å². The second-order valence-electron chi connectivity index (χ2n) is 5.54. The van der Waals surface area contributed by atoms with Gasteiger partial charge in [0.05, 0.1) is 32.1 Å². The lowest BCUT2D eigenvalue weighted by Gasteiger charge is -2.17. The number of rotatable bonds is 5. The fraction of sp³-hybridized carbons (Fsp3) is 0.333. The van der Waals surface area contributed by atoms with Gasteiger partial charge in [0.15, 0.2) is 0 Å². The van der Waals surface area contributed by atoms with Crippen molar-refractivity contribution in [1.29, 1.82) is 0 Å². The number of amides is 1. The van der Waals surface area contributed by atoms with Gasteiger partial charge in [-0.05, 0) is 18.2 Å². The summed E-state index contributed by atoms with van der Waals surface area (Å²) in [6.45, 7) is 0.955. The molecule has 0 bridgehead atoms. The molecule has 0 radical (unpaired) electrons. The molecule has 1 amide bonds. The lowest BCUT2D eigenvalue weighted by molar-refractivity contribution is 0.0685. The average molecular weight is 328 g/mol. The molecule has 3 rings (SSSR count). The molecule has 0 aliphatic carbocycles. The topological polar surface area (TPSA) is 69.7 Å². The summed E-state index contributed by atoms with van der Waals surface area (Å²) in [5.74, 6) is 0.380. The summed E-state index contributed by atoms with van der Waals surface area (Å²) >= 11 is 0. The first-order valence-electron chi connectivity index (χ1n) is 7.74. The van der Waals surface area contributed by atoms with Crippen LogP contribution in [-0.2, 0) is 9.47 Å². The van der Waals surface area contributed by atoms with Gasteiger partial charge in [0.2, 0.25) is 5.88 Å². The van der Waals surface area contributed by atoms with Crippen molar-refractivity contribution in [3.63, 3.8) is 0 Å². The predicted molar refractivity (Wildman–Crippen MR) is 89.1 cm³/mol. The Hall–Kier alpha value is -2.44. The molecule has 6 heteroatoms. The van der Waals surface area contributed by atoms with Gasteiger partial charge in [0.1, 0.15) is 6.10 Å². The van der Waals surface area contributed by atoms with Crippen LogP contribution in [0.25, 0.3) is 11.3 Å². The Balaban J connectivity index is 1.78. The summed E-state index contributed by atoms with van der Waals surface area (Å²) in [7, 11) is 3.19. The number of hydrogen-bond acceptors (Lipinski definition) is 5. The van der Waals surface area contributed by atoms with Crippen molar-refractivity contribution >= 4 is 5.91 Å². The maximum Gasteiger partial charge on any atom is 0.251 e.